The summed E-state index contributed by atoms with van der Waals surface area (Å²) >= 11 is 0. The van der Waals surface area contributed by atoms with E-state index in [1.165, 1.54) is 10.9 Å². The van der Waals surface area contributed by atoms with Gasteiger partial charge in [0.25, 0.3) is 5.69 Å². The summed E-state index contributed by atoms with van der Waals surface area (Å²) in [6, 6.07) is 3.93. The first-order valence-electron chi connectivity index (χ1n) is 5.73. The molecule has 2 aromatic rings. The molecule has 1 aromatic heterocycles. The lowest BCUT2D eigenvalue weighted by Gasteiger charge is -2.13. The summed E-state index contributed by atoms with van der Waals surface area (Å²) in [6.07, 6.45) is 3.10. The van der Waals surface area contributed by atoms with Crippen molar-refractivity contribution in [3.8, 4) is 0 Å². The van der Waals surface area contributed by atoms with Gasteiger partial charge in [0, 0.05) is 24.5 Å². The summed E-state index contributed by atoms with van der Waals surface area (Å²) in [7, 11) is 0. The molecule has 0 spiro atoms. The molecule has 2 rings (SSSR count). The Hall–Kier alpha value is -2.77. The van der Waals surface area contributed by atoms with Gasteiger partial charge in [0.2, 0.25) is 5.91 Å². The first-order chi connectivity index (χ1) is 9.49. The number of carbonyl (C=O) groups excluding carboxylic acids is 1. The lowest BCUT2D eigenvalue weighted by atomic mass is 10.2. The Kier molecular flexibility index (Phi) is 3.74. The molecule has 20 heavy (non-hydrogen) atoms. The van der Waals surface area contributed by atoms with Gasteiger partial charge in [0.05, 0.1) is 10.6 Å². The highest BCUT2D eigenvalue weighted by Crippen LogP contribution is 2.22. The van der Waals surface area contributed by atoms with E-state index in [2.05, 4.69) is 10.4 Å². The predicted molar refractivity (Wildman–Crippen MR) is 68.6 cm³/mol. The standard InChI is InChI=1S/C12H11FN4O3/c1-8(16-6-2-5-14-16)12(18)15-11-7-9(17(19)20)3-4-10(11)13/h2-8H,1H3,(H,15,18). The minimum Gasteiger partial charge on any atom is -0.322 e. The van der Waals surface area contributed by atoms with Crippen molar-refractivity contribution >= 4 is 17.3 Å². The SMILES string of the molecule is CC(C(=O)Nc1cc([N+](=O)[O-])ccc1F)n1cccn1. The zero-order valence-electron chi connectivity index (χ0n) is 10.5. The van der Waals surface area contributed by atoms with E-state index in [1.807, 2.05) is 0 Å². The molecule has 0 saturated carbocycles. The molecule has 1 N–H and O–H groups in total. The molecule has 7 nitrogen and oxygen atoms in total. The molecule has 1 amide bonds. The summed E-state index contributed by atoms with van der Waals surface area (Å²) in [5.74, 6) is -1.26. The zero-order chi connectivity index (χ0) is 14.7. The summed E-state index contributed by atoms with van der Waals surface area (Å²) < 4.78 is 14.9. The first-order valence-corrected chi connectivity index (χ1v) is 5.73. The minimum atomic E-state index is -0.739. The van der Waals surface area contributed by atoms with Crippen molar-refractivity contribution < 1.29 is 14.1 Å². The highest BCUT2D eigenvalue weighted by molar-refractivity contribution is 5.93. The van der Waals surface area contributed by atoms with Crippen LogP contribution in [-0.2, 0) is 4.79 Å². The molecule has 0 saturated heterocycles. The van der Waals surface area contributed by atoms with Crippen LogP contribution < -0.4 is 5.32 Å². The maximum absolute atomic E-state index is 13.5. The third kappa shape index (κ3) is 2.79. The average molecular weight is 278 g/mol. The Morgan fingerprint density at radius 3 is 2.90 bits per heavy atom. The van der Waals surface area contributed by atoms with Crippen LogP contribution in [0.25, 0.3) is 0 Å². The van der Waals surface area contributed by atoms with E-state index in [0.29, 0.717) is 0 Å². The number of halogens is 1. The van der Waals surface area contributed by atoms with Gasteiger partial charge in [-0.25, -0.2) is 4.39 Å². The molecule has 0 aliphatic carbocycles. The van der Waals surface area contributed by atoms with Gasteiger partial charge in [-0.3, -0.25) is 19.6 Å². The summed E-state index contributed by atoms with van der Waals surface area (Å²) in [5.41, 5.74) is -0.531. The molecular formula is C12H11FN4O3. The van der Waals surface area contributed by atoms with Gasteiger partial charge < -0.3 is 5.32 Å². The van der Waals surface area contributed by atoms with E-state index in [1.54, 1.807) is 19.2 Å². The topological polar surface area (TPSA) is 90.1 Å². The third-order valence-electron chi connectivity index (χ3n) is 2.72. The average Bonchev–Trinajstić information content (AvgIpc) is 2.94. The number of aromatic nitrogens is 2. The third-order valence-corrected chi connectivity index (χ3v) is 2.72. The number of hydrogen-bond acceptors (Lipinski definition) is 4. The molecule has 104 valence electrons. The molecular weight excluding hydrogens is 267 g/mol. The molecule has 0 aliphatic rings. The van der Waals surface area contributed by atoms with Crippen molar-refractivity contribution in [2.24, 2.45) is 0 Å². The van der Waals surface area contributed by atoms with Crippen molar-refractivity contribution in [2.75, 3.05) is 5.32 Å². The summed E-state index contributed by atoms with van der Waals surface area (Å²) in [6.45, 7) is 1.58. The van der Waals surface area contributed by atoms with Crippen LogP contribution >= 0.6 is 0 Å². The maximum atomic E-state index is 13.5. The number of nitrogens with zero attached hydrogens (tertiary/aromatic N) is 3. The van der Waals surface area contributed by atoms with Crippen LogP contribution in [0.4, 0.5) is 15.8 Å². The normalized spacial score (nSPS) is 11.9. The van der Waals surface area contributed by atoms with Crippen molar-refractivity contribution in [1.82, 2.24) is 9.78 Å². The summed E-state index contributed by atoms with van der Waals surface area (Å²) in [5, 5.41) is 16.8. The number of anilines is 1. The molecule has 1 atom stereocenters. The van der Waals surface area contributed by atoms with E-state index >= 15 is 0 Å². The number of hydrogen-bond donors (Lipinski definition) is 1. The van der Waals surface area contributed by atoms with Gasteiger partial charge in [0.1, 0.15) is 11.9 Å². The lowest BCUT2D eigenvalue weighted by Crippen LogP contribution is -2.24. The highest BCUT2D eigenvalue weighted by atomic mass is 19.1. The monoisotopic (exact) mass is 278 g/mol. The second-order valence-electron chi connectivity index (χ2n) is 4.07. The van der Waals surface area contributed by atoms with E-state index in [-0.39, 0.29) is 11.4 Å². The number of carbonyl (C=O) groups is 1. The van der Waals surface area contributed by atoms with Crippen LogP contribution in [-0.4, -0.2) is 20.6 Å². The van der Waals surface area contributed by atoms with Gasteiger partial charge in [-0.15, -0.1) is 0 Å². The maximum Gasteiger partial charge on any atom is 0.271 e. The number of amides is 1. The van der Waals surface area contributed by atoms with E-state index in [0.717, 1.165) is 18.2 Å². The van der Waals surface area contributed by atoms with Gasteiger partial charge in [-0.05, 0) is 19.1 Å². The van der Waals surface area contributed by atoms with Crippen LogP contribution in [0.5, 0.6) is 0 Å². The summed E-state index contributed by atoms with van der Waals surface area (Å²) in [4.78, 5) is 21.9. The van der Waals surface area contributed by atoms with E-state index < -0.39 is 22.7 Å². The predicted octanol–water partition coefficient (Wildman–Crippen LogP) is 2.13. The number of benzene rings is 1. The Bertz CT molecular complexity index is 642. The Morgan fingerprint density at radius 1 is 1.55 bits per heavy atom. The Morgan fingerprint density at radius 2 is 2.30 bits per heavy atom. The fourth-order valence-corrected chi connectivity index (χ4v) is 1.59. The minimum absolute atomic E-state index is 0.233. The molecule has 1 unspecified atom stereocenters. The second-order valence-corrected chi connectivity index (χ2v) is 4.07. The second kappa shape index (κ2) is 5.47. The van der Waals surface area contributed by atoms with Crippen LogP contribution in [0.1, 0.15) is 13.0 Å². The number of nitrogens with one attached hydrogen (secondary N) is 1. The van der Waals surface area contributed by atoms with Crippen molar-refractivity contribution in [3.05, 3.63) is 52.6 Å². The van der Waals surface area contributed by atoms with Gasteiger partial charge >= 0.3 is 0 Å². The Balaban J connectivity index is 2.19. The quantitative estimate of drug-likeness (QED) is 0.685. The van der Waals surface area contributed by atoms with Crippen LogP contribution in [0, 0.1) is 15.9 Å². The largest absolute Gasteiger partial charge is 0.322 e. The van der Waals surface area contributed by atoms with Crippen LogP contribution in [0.15, 0.2) is 36.7 Å². The molecule has 0 bridgehead atoms. The van der Waals surface area contributed by atoms with Crippen LogP contribution in [0.3, 0.4) is 0 Å². The molecule has 0 aliphatic heterocycles. The van der Waals surface area contributed by atoms with Gasteiger partial charge in [-0.2, -0.15) is 5.10 Å². The fourth-order valence-electron chi connectivity index (χ4n) is 1.59. The van der Waals surface area contributed by atoms with E-state index in [4.69, 9.17) is 0 Å². The van der Waals surface area contributed by atoms with Gasteiger partial charge in [0.15, 0.2) is 0 Å². The van der Waals surface area contributed by atoms with Crippen molar-refractivity contribution in [3.63, 3.8) is 0 Å². The molecule has 1 aromatic carbocycles. The van der Waals surface area contributed by atoms with Gasteiger partial charge in [-0.1, -0.05) is 0 Å². The van der Waals surface area contributed by atoms with E-state index in [9.17, 15) is 19.3 Å². The van der Waals surface area contributed by atoms with Crippen molar-refractivity contribution in [2.45, 2.75) is 13.0 Å². The highest BCUT2D eigenvalue weighted by Gasteiger charge is 2.18. The number of non-ortho nitro benzene ring substituents is 1. The number of rotatable bonds is 4. The lowest BCUT2D eigenvalue weighted by molar-refractivity contribution is -0.384. The van der Waals surface area contributed by atoms with Crippen LogP contribution in [0.2, 0.25) is 0 Å². The number of nitro benzene ring substituents is 1. The molecule has 0 radical (unpaired) electrons. The molecule has 1 heterocycles. The van der Waals surface area contributed by atoms with Crippen molar-refractivity contribution in [1.29, 1.82) is 0 Å². The fraction of sp³-hybridized carbons (Fsp3) is 0.167. The molecule has 8 heteroatoms. The number of nitro groups is 1. The zero-order valence-corrected chi connectivity index (χ0v) is 10.5. The smallest absolute Gasteiger partial charge is 0.271 e. The Labute approximate surface area is 113 Å². The first kappa shape index (κ1) is 13.7. The molecule has 0 fully saturated rings.